The molecule has 0 spiro atoms. The molecule has 10 heteroatoms. The van der Waals surface area contributed by atoms with E-state index in [0.717, 1.165) is 23.1 Å². The molecule has 0 aromatic carbocycles. The average Bonchev–Trinajstić information content (AvgIpc) is 2.61. The Morgan fingerprint density at radius 1 is 1.47 bits per heavy atom. The molecule has 5 nitrogen and oxygen atoms in total. The van der Waals surface area contributed by atoms with Crippen LogP contribution in [0.3, 0.4) is 0 Å². The Bertz CT molecular complexity index is 383. The largest absolute Gasteiger partial charge is 0.481 e. The van der Waals surface area contributed by atoms with E-state index >= 15 is 0 Å². The Hall–Kier alpha value is -1.03. The highest BCUT2D eigenvalue weighted by Gasteiger charge is 2.26. The summed E-state index contributed by atoms with van der Waals surface area (Å²) >= 11 is 2.00. The van der Waals surface area contributed by atoms with Crippen LogP contribution in [0.25, 0.3) is 0 Å². The van der Waals surface area contributed by atoms with Gasteiger partial charge < -0.3 is 10.4 Å². The minimum Gasteiger partial charge on any atom is -0.481 e. The maximum absolute atomic E-state index is 11.8. The number of thioether (sulfide) groups is 1. The summed E-state index contributed by atoms with van der Waals surface area (Å²) < 4.78 is 35.9. The van der Waals surface area contributed by atoms with Gasteiger partial charge >= 0.3 is 12.1 Å². The van der Waals surface area contributed by atoms with Crippen molar-refractivity contribution in [1.82, 2.24) is 10.2 Å². The number of halogens is 3. The van der Waals surface area contributed by atoms with Crippen LogP contribution >= 0.6 is 23.1 Å². The monoisotopic (exact) mass is 287 g/mol. The number of anilines is 1. The lowest BCUT2D eigenvalue weighted by atomic mass is 10.4. The van der Waals surface area contributed by atoms with Gasteiger partial charge in [-0.15, -0.1) is 10.2 Å². The van der Waals surface area contributed by atoms with Crippen molar-refractivity contribution < 1.29 is 23.1 Å². The molecule has 2 N–H and O–H groups in total. The van der Waals surface area contributed by atoms with Crippen LogP contribution < -0.4 is 5.32 Å². The Labute approximate surface area is 102 Å². The van der Waals surface area contributed by atoms with Gasteiger partial charge in [-0.05, 0) is 0 Å². The van der Waals surface area contributed by atoms with Crippen LogP contribution in [0, 0.1) is 0 Å². The normalized spacial score (nSPS) is 11.5. The molecule has 1 heterocycles. The number of rotatable bonds is 6. The standard InChI is InChI=1S/C7H8F3N3O2S2/c8-7(9,10)1-2-11-5-12-13-6(17-5)16-3-4(14)15/h1-3H2,(H,11,12)(H,14,15). The van der Waals surface area contributed by atoms with E-state index in [-0.39, 0.29) is 17.4 Å². The molecule has 0 amide bonds. The zero-order valence-corrected chi connectivity index (χ0v) is 9.95. The van der Waals surface area contributed by atoms with Gasteiger partial charge in [0.05, 0.1) is 12.2 Å². The minimum absolute atomic E-state index is 0.156. The second-order valence-electron chi connectivity index (χ2n) is 2.85. The lowest BCUT2D eigenvalue weighted by molar-refractivity contribution is -0.134. The number of nitrogens with one attached hydrogen (secondary N) is 1. The van der Waals surface area contributed by atoms with Crippen LogP contribution in [0.1, 0.15) is 6.42 Å². The molecule has 0 aliphatic heterocycles. The second kappa shape index (κ2) is 6.05. The van der Waals surface area contributed by atoms with E-state index < -0.39 is 18.6 Å². The average molecular weight is 287 g/mol. The van der Waals surface area contributed by atoms with Gasteiger partial charge in [-0.1, -0.05) is 23.1 Å². The SMILES string of the molecule is O=C(O)CSc1nnc(NCCC(F)(F)F)s1. The van der Waals surface area contributed by atoms with Crippen LogP contribution in [-0.2, 0) is 4.79 Å². The second-order valence-corrected chi connectivity index (χ2v) is 5.05. The molecule has 0 unspecified atom stereocenters. The number of carboxylic acid groups (broad SMARTS) is 1. The van der Waals surface area contributed by atoms with Gasteiger partial charge in [-0.2, -0.15) is 13.2 Å². The summed E-state index contributed by atoms with van der Waals surface area (Å²) in [4.78, 5) is 10.3. The number of aliphatic carboxylic acids is 1. The Kier molecular flexibility index (Phi) is 5.00. The predicted octanol–water partition coefficient (Wildman–Crippen LogP) is 2.08. The maximum atomic E-state index is 11.8. The quantitative estimate of drug-likeness (QED) is 0.780. The summed E-state index contributed by atoms with van der Waals surface area (Å²) in [7, 11) is 0. The zero-order valence-electron chi connectivity index (χ0n) is 8.32. The molecule has 17 heavy (non-hydrogen) atoms. The van der Waals surface area contributed by atoms with E-state index in [0.29, 0.717) is 4.34 Å². The van der Waals surface area contributed by atoms with Crippen molar-refractivity contribution in [2.24, 2.45) is 0 Å². The first-order valence-corrected chi connectivity index (χ1v) is 6.16. The van der Waals surface area contributed by atoms with Gasteiger partial charge in [0.15, 0.2) is 4.34 Å². The molecule has 0 bridgehead atoms. The lowest BCUT2D eigenvalue weighted by Crippen LogP contribution is -2.14. The zero-order chi connectivity index (χ0) is 12.9. The number of hydrogen-bond acceptors (Lipinski definition) is 6. The first-order chi connectivity index (χ1) is 7.87. The summed E-state index contributed by atoms with van der Waals surface area (Å²) in [6.45, 7) is -0.276. The highest BCUT2D eigenvalue weighted by Crippen LogP contribution is 2.26. The number of nitrogens with zero attached hydrogens (tertiary/aromatic N) is 2. The number of alkyl halides is 3. The van der Waals surface area contributed by atoms with Crippen molar-refractivity contribution in [1.29, 1.82) is 0 Å². The van der Waals surface area contributed by atoms with Crippen molar-refractivity contribution in [3.05, 3.63) is 0 Å². The Balaban J connectivity index is 2.33. The van der Waals surface area contributed by atoms with E-state index in [1.54, 1.807) is 0 Å². The molecule has 1 aromatic rings. The number of aromatic nitrogens is 2. The molecular weight excluding hydrogens is 279 g/mol. The molecule has 0 atom stereocenters. The summed E-state index contributed by atoms with van der Waals surface area (Å²) in [5.41, 5.74) is 0. The molecular formula is C7H8F3N3O2S2. The topological polar surface area (TPSA) is 75.1 Å². The Morgan fingerprint density at radius 3 is 2.76 bits per heavy atom. The highest BCUT2D eigenvalue weighted by atomic mass is 32.2. The van der Waals surface area contributed by atoms with Gasteiger partial charge in [0.1, 0.15) is 0 Å². The third kappa shape index (κ3) is 6.31. The van der Waals surface area contributed by atoms with Crippen LogP contribution in [0.15, 0.2) is 4.34 Å². The summed E-state index contributed by atoms with van der Waals surface area (Å²) in [6, 6.07) is 0. The maximum Gasteiger partial charge on any atom is 0.390 e. The predicted molar refractivity (Wildman–Crippen MR) is 57.4 cm³/mol. The summed E-state index contributed by atoms with van der Waals surface area (Å²) in [6.07, 6.45) is -5.16. The smallest absolute Gasteiger partial charge is 0.390 e. The summed E-state index contributed by atoms with van der Waals surface area (Å²) in [5.74, 6) is -1.14. The van der Waals surface area contributed by atoms with Crippen LogP contribution in [0.4, 0.5) is 18.3 Å². The molecule has 0 aliphatic rings. The van der Waals surface area contributed by atoms with Crippen molar-refractivity contribution >= 4 is 34.2 Å². The molecule has 1 rings (SSSR count). The molecule has 0 radical (unpaired) electrons. The van der Waals surface area contributed by atoms with Crippen LogP contribution in [0.5, 0.6) is 0 Å². The minimum atomic E-state index is -4.21. The number of carboxylic acids is 1. The Morgan fingerprint density at radius 2 is 2.18 bits per heavy atom. The molecule has 96 valence electrons. The number of hydrogen-bond donors (Lipinski definition) is 2. The van der Waals surface area contributed by atoms with Gasteiger partial charge in [0.25, 0.3) is 0 Å². The fraction of sp³-hybridized carbons (Fsp3) is 0.571. The molecule has 0 saturated heterocycles. The van der Waals surface area contributed by atoms with Crippen molar-refractivity contribution in [2.75, 3.05) is 17.6 Å². The van der Waals surface area contributed by atoms with Crippen LogP contribution in [0.2, 0.25) is 0 Å². The third-order valence-corrected chi connectivity index (χ3v) is 3.41. The van der Waals surface area contributed by atoms with Crippen molar-refractivity contribution in [2.45, 2.75) is 16.9 Å². The lowest BCUT2D eigenvalue weighted by Gasteiger charge is -2.05. The van der Waals surface area contributed by atoms with Crippen molar-refractivity contribution in [3.63, 3.8) is 0 Å². The molecule has 1 aromatic heterocycles. The fourth-order valence-corrected chi connectivity index (χ4v) is 2.27. The first kappa shape index (κ1) is 14.0. The van der Waals surface area contributed by atoms with Gasteiger partial charge in [0.2, 0.25) is 5.13 Å². The van der Waals surface area contributed by atoms with Crippen molar-refractivity contribution in [3.8, 4) is 0 Å². The highest BCUT2D eigenvalue weighted by molar-refractivity contribution is 8.01. The van der Waals surface area contributed by atoms with Gasteiger partial charge in [-0.3, -0.25) is 4.79 Å². The van der Waals surface area contributed by atoms with E-state index in [2.05, 4.69) is 15.5 Å². The third-order valence-electron chi connectivity index (χ3n) is 1.41. The van der Waals surface area contributed by atoms with Gasteiger partial charge in [0, 0.05) is 6.54 Å². The molecule has 0 aliphatic carbocycles. The van der Waals surface area contributed by atoms with Gasteiger partial charge in [-0.25, -0.2) is 0 Å². The van der Waals surface area contributed by atoms with E-state index in [4.69, 9.17) is 5.11 Å². The fourth-order valence-electron chi connectivity index (χ4n) is 0.774. The molecule has 0 saturated carbocycles. The first-order valence-electron chi connectivity index (χ1n) is 4.35. The van der Waals surface area contributed by atoms with E-state index in [1.165, 1.54) is 0 Å². The van der Waals surface area contributed by atoms with E-state index in [9.17, 15) is 18.0 Å². The van der Waals surface area contributed by atoms with E-state index in [1.807, 2.05) is 0 Å². The summed E-state index contributed by atoms with van der Waals surface area (Å²) in [5, 5.41) is 18.4. The number of carbonyl (C=O) groups is 1. The molecule has 0 fully saturated rings. The van der Waals surface area contributed by atoms with Crippen LogP contribution in [-0.4, -0.2) is 39.7 Å².